The van der Waals surface area contributed by atoms with Gasteiger partial charge in [-0.3, -0.25) is 24.7 Å². The molecular formula is C16H22N4O3. The lowest BCUT2D eigenvalue weighted by Crippen LogP contribution is -2.49. The molecule has 2 fully saturated rings. The lowest BCUT2D eigenvalue weighted by molar-refractivity contribution is -0.385. The van der Waals surface area contributed by atoms with E-state index in [0.29, 0.717) is 19.1 Å². The second-order valence-corrected chi connectivity index (χ2v) is 6.28. The van der Waals surface area contributed by atoms with Crippen molar-refractivity contribution in [1.82, 2.24) is 15.1 Å². The third-order valence-electron chi connectivity index (χ3n) is 4.36. The number of nitrogens with one attached hydrogen (secondary N) is 1. The number of piperazine rings is 1. The fourth-order valence-corrected chi connectivity index (χ4v) is 2.87. The van der Waals surface area contributed by atoms with E-state index >= 15 is 0 Å². The van der Waals surface area contributed by atoms with Gasteiger partial charge in [-0.15, -0.1) is 0 Å². The second kappa shape index (κ2) is 7.06. The molecule has 7 heteroatoms. The van der Waals surface area contributed by atoms with Gasteiger partial charge in [0.15, 0.2) is 0 Å². The van der Waals surface area contributed by atoms with Gasteiger partial charge >= 0.3 is 0 Å². The van der Waals surface area contributed by atoms with Gasteiger partial charge in [0, 0.05) is 50.4 Å². The Kier molecular flexibility index (Phi) is 4.88. The first-order valence-electron chi connectivity index (χ1n) is 8.08. The van der Waals surface area contributed by atoms with Crippen molar-refractivity contribution in [2.45, 2.75) is 25.4 Å². The summed E-state index contributed by atoms with van der Waals surface area (Å²) in [7, 11) is 0. The van der Waals surface area contributed by atoms with Crippen molar-refractivity contribution in [2.24, 2.45) is 0 Å². The maximum Gasteiger partial charge on any atom is 0.273 e. The molecule has 1 amide bonds. The number of nitrogens with zero attached hydrogens (tertiary/aromatic N) is 3. The zero-order chi connectivity index (χ0) is 16.2. The Morgan fingerprint density at radius 2 is 1.83 bits per heavy atom. The molecule has 1 aromatic rings. The quantitative estimate of drug-likeness (QED) is 0.625. The Morgan fingerprint density at radius 1 is 1.17 bits per heavy atom. The number of nitro groups is 1. The van der Waals surface area contributed by atoms with Gasteiger partial charge in [-0.25, -0.2) is 0 Å². The highest BCUT2D eigenvalue weighted by Gasteiger charge is 2.25. The number of nitro benzene ring substituents is 1. The van der Waals surface area contributed by atoms with Crippen molar-refractivity contribution in [3.05, 3.63) is 39.9 Å². The van der Waals surface area contributed by atoms with Gasteiger partial charge in [0.05, 0.1) is 11.5 Å². The van der Waals surface area contributed by atoms with Gasteiger partial charge in [-0.1, -0.05) is 18.2 Å². The number of rotatable bonds is 6. The highest BCUT2D eigenvalue weighted by Crippen LogP contribution is 2.20. The minimum absolute atomic E-state index is 0.111. The average molecular weight is 318 g/mol. The van der Waals surface area contributed by atoms with Crippen LogP contribution in [0.2, 0.25) is 0 Å². The highest BCUT2D eigenvalue weighted by molar-refractivity contribution is 5.78. The van der Waals surface area contributed by atoms with Crippen LogP contribution in [0.1, 0.15) is 18.4 Å². The zero-order valence-electron chi connectivity index (χ0n) is 13.1. The summed E-state index contributed by atoms with van der Waals surface area (Å²) in [6, 6.07) is 7.29. The molecule has 1 aliphatic heterocycles. The monoisotopic (exact) mass is 318 g/mol. The molecule has 1 saturated carbocycles. The summed E-state index contributed by atoms with van der Waals surface area (Å²) >= 11 is 0. The normalized spacial score (nSPS) is 19.5. The van der Waals surface area contributed by atoms with Crippen LogP contribution < -0.4 is 5.32 Å². The van der Waals surface area contributed by atoms with Crippen LogP contribution >= 0.6 is 0 Å². The Balaban J connectivity index is 1.47. The molecule has 1 aromatic carbocycles. The second-order valence-electron chi connectivity index (χ2n) is 6.28. The van der Waals surface area contributed by atoms with Crippen molar-refractivity contribution in [3.63, 3.8) is 0 Å². The summed E-state index contributed by atoms with van der Waals surface area (Å²) in [4.78, 5) is 26.9. The van der Waals surface area contributed by atoms with E-state index in [1.54, 1.807) is 12.1 Å². The van der Waals surface area contributed by atoms with E-state index in [9.17, 15) is 14.9 Å². The molecule has 0 unspecified atom stereocenters. The zero-order valence-corrected chi connectivity index (χ0v) is 13.1. The molecule has 1 aliphatic carbocycles. The summed E-state index contributed by atoms with van der Waals surface area (Å²) < 4.78 is 0. The Hall–Kier alpha value is -1.99. The Morgan fingerprint density at radius 3 is 2.48 bits per heavy atom. The summed E-state index contributed by atoms with van der Waals surface area (Å²) in [6.45, 7) is 4.32. The topological polar surface area (TPSA) is 78.7 Å². The van der Waals surface area contributed by atoms with Gasteiger partial charge in [0.2, 0.25) is 5.91 Å². The Labute approximate surface area is 135 Å². The first kappa shape index (κ1) is 15.9. The average Bonchev–Trinajstić information content (AvgIpc) is 3.33. The van der Waals surface area contributed by atoms with Crippen molar-refractivity contribution < 1.29 is 9.72 Å². The van der Waals surface area contributed by atoms with E-state index in [1.807, 2.05) is 12.1 Å². The standard InChI is InChI=1S/C16H22N4O3/c21-16(17-14-5-6-14)12-19-9-7-18(8-10-19)11-13-3-1-2-4-15(13)20(22)23/h1-4,14H,5-12H2,(H,17,21). The summed E-state index contributed by atoms with van der Waals surface area (Å²) in [5.41, 5.74) is 0.927. The minimum atomic E-state index is -0.326. The number of benzene rings is 1. The van der Waals surface area contributed by atoms with Crippen LogP contribution in [0.15, 0.2) is 24.3 Å². The largest absolute Gasteiger partial charge is 0.352 e. The van der Waals surface area contributed by atoms with Crippen molar-refractivity contribution >= 4 is 11.6 Å². The van der Waals surface area contributed by atoms with Gasteiger partial charge in [-0.2, -0.15) is 0 Å². The molecule has 0 radical (unpaired) electrons. The summed E-state index contributed by atoms with van der Waals surface area (Å²) in [5.74, 6) is 0.111. The first-order valence-corrected chi connectivity index (χ1v) is 8.08. The van der Waals surface area contributed by atoms with Gasteiger partial charge in [-0.05, 0) is 12.8 Å². The lowest BCUT2D eigenvalue weighted by Gasteiger charge is -2.34. The fourth-order valence-electron chi connectivity index (χ4n) is 2.87. The van der Waals surface area contributed by atoms with E-state index in [2.05, 4.69) is 15.1 Å². The van der Waals surface area contributed by atoms with Gasteiger partial charge in [0.25, 0.3) is 5.69 Å². The molecule has 23 heavy (non-hydrogen) atoms. The maximum absolute atomic E-state index is 11.8. The number of amides is 1. The molecule has 1 heterocycles. The van der Waals surface area contributed by atoms with Crippen molar-refractivity contribution in [3.8, 4) is 0 Å². The number of carbonyl (C=O) groups is 1. The molecular weight excluding hydrogens is 296 g/mol. The van der Waals surface area contributed by atoms with Gasteiger partial charge in [0.1, 0.15) is 0 Å². The SMILES string of the molecule is O=C(CN1CCN(Cc2ccccc2[N+](=O)[O-])CC1)NC1CC1. The van der Waals surface area contributed by atoms with E-state index in [-0.39, 0.29) is 16.5 Å². The third-order valence-corrected chi connectivity index (χ3v) is 4.36. The van der Waals surface area contributed by atoms with Gasteiger partial charge < -0.3 is 5.32 Å². The maximum atomic E-state index is 11.8. The molecule has 7 nitrogen and oxygen atoms in total. The van der Waals surface area contributed by atoms with Crippen LogP contribution in [0.25, 0.3) is 0 Å². The molecule has 0 bridgehead atoms. The van der Waals surface area contributed by atoms with Crippen LogP contribution in [0.3, 0.4) is 0 Å². The van der Waals surface area contributed by atoms with Crippen LogP contribution in [0.4, 0.5) is 5.69 Å². The molecule has 3 rings (SSSR count). The molecule has 1 N–H and O–H groups in total. The number of carbonyl (C=O) groups excluding carboxylic acids is 1. The minimum Gasteiger partial charge on any atom is -0.352 e. The predicted octanol–water partition coefficient (Wildman–Crippen LogP) is 0.991. The highest BCUT2D eigenvalue weighted by atomic mass is 16.6. The number of hydrogen-bond donors (Lipinski definition) is 1. The van der Waals surface area contributed by atoms with Crippen LogP contribution in [-0.4, -0.2) is 59.4 Å². The van der Waals surface area contributed by atoms with Crippen LogP contribution in [0.5, 0.6) is 0 Å². The molecule has 0 atom stereocenters. The third kappa shape index (κ3) is 4.49. The fraction of sp³-hybridized carbons (Fsp3) is 0.562. The number of hydrogen-bond acceptors (Lipinski definition) is 5. The summed E-state index contributed by atoms with van der Waals surface area (Å²) in [6.07, 6.45) is 2.21. The van der Waals surface area contributed by atoms with E-state index in [4.69, 9.17) is 0 Å². The smallest absolute Gasteiger partial charge is 0.273 e. The van der Waals surface area contributed by atoms with E-state index < -0.39 is 0 Å². The van der Waals surface area contributed by atoms with E-state index in [0.717, 1.165) is 44.6 Å². The predicted molar refractivity (Wildman–Crippen MR) is 86.0 cm³/mol. The molecule has 124 valence electrons. The van der Waals surface area contributed by atoms with Crippen LogP contribution in [0, 0.1) is 10.1 Å². The van der Waals surface area contributed by atoms with Crippen molar-refractivity contribution in [1.29, 1.82) is 0 Å². The van der Waals surface area contributed by atoms with E-state index in [1.165, 1.54) is 0 Å². The summed E-state index contributed by atoms with van der Waals surface area (Å²) in [5, 5.41) is 14.1. The molecule has 0 spiro atoms. The molecule has 1 saturated heterocycles. The molecule has 0 aromatic heterocycles. The lowest BCUT2D eigenvalue weighted by atomic mass is 10.1. The van der Waals surface area contributed by atoms with Crippen LogP contribution in [-0.2, 0) is 11.3 Å². The molecule has 2 aliphatic rings. The van der Waals surface area contributed by atoms with Crippen molar-refractivity contribution in [2.75, 3.05) is 32.7 Å². The number of para-hydroxylation sites is 1. The Bertz CT molecular complexity index is 580. The first-order chi connectivity index (χ1) is 11.1.